The Hall–Kier alpha value is -2.40. The molecule has 1 heterocycles. The number of benzene rings is 1. The summed E-state index contributed by atoms with van der Waals surface area (Å²) < 4.78 is 0. The van der Waals surface area contributed by atoms with Crippen LogP contribution in [0.25, 0.3) is 0 Å². The molecule has 0 bridgehead atoms. The second-order valence-corrected chi connectivity index (χ2v) is 6.71. The Kier molecular flexibility index (Phi) is 7.16. The first kappa shape index (κ1) is 19.9. The van der Waals surface area contributed by atoms with Gasteiger partial charge in [-0.15, -0.1) is 0 Å². The summed E-state index contributed by atoms with van der Waals surface area (Å²) in [5, 5.41) is 0.567. The predicted molar refractivity (Wildman–Crippen MR) is 104 cm³/mol. The lowest BCUT2D eigenvalue weighted by atomic mass is 10.1. The van der Waals surface area contributed by atoms with E-state index < -0.39 is 0 Å². The molecule has 2 aromatic rings. The van der Waals surface area contributed by atoms with Crippen LogP contribution in [0.2, 0.25) is 5.02 Å². The van der Waals surface area contributed by atoms with Crippen molar-refractivity contribution in [3.63, 3.8) is 0 Å². The Labute approximate surface area is 159 Å². The van der Waals surface area contributed by atoms with Gasteiger partial charge in [0.1, 0.15) is 0 Å². The van der Waals surface area contributed by atoms with Crippen molar-refractivity contribution in [3.8, 4) is 0 Å². The Balaban J connectivity index is 1.94. The Bertz CT molecular complexity index is 765. The van der Waals surface area contributed by atoms with E-state index in [1.54, 1.807) is 41.4 Å². The van der Waals surface area contributed by atoms with E-state index in [0.29, 0.717) is 18.1 Å². The minimum atomic E-state index is -0.109. The van der Waals surface area contributed by atoms with Gasteiger partial charge in [0.15, 0.2) is 0 Å². The fraction of sp³-hybridized carbons (Fsp3) is 0.350. The Morgan fingerprint density at radius 1 is 1.12 bits per heavy atom. The van der Waals surface area contributed by atoms with Crippen LogP contribution in [-0.4, -0.2) is 41.8 Å². The quantitative estimate of drug-likeness (QED) is 0.746. The molecule has 26 heavy (non-hydrogen) atoms. The predicted octanol–water partition coefficient (Wildman–Crippen LogP) is 3.49. The number of rotatable bonds is 7. The van der Waals surface area contributed by atoms with Gasteiger partial charge in [0.25, 0.3) is 0 Å². The van der Waals surface area contributed by atoms with Crippen LogP contribution >= 0.6 is 11.6 Å². The van der Waals surface area contributed by atoms with Gasteiger partial charge in [0, 0.05) is 56.6 Å². The zero-order chi connectivity index (χ0) is 19.1. The monoisotopic (exact) mass is 373 g/mol. The fourth-order valence-electron chi connectivity index (χ4n) is 2.69. The van der Waals surface area contributed by atoms with E-state index in [1.165, 1.54) is 6.92 Å². The molecule has 6 heteroatoms. The van der Waals surface area contributed by atoms with Crippen molar-refractivity contribution in [1.29, 1.82) is 0 Å². The van der Waals surface area contributed by atoms with Gasteiger partial charge >= 0.3 is 0 Å². The minimum Gasteiger partial charge on any atom is -0.345 e. The van der Waals surface area contributed by atoms with Crippen LogP contribution in [0, 0.1) is 6.92 Å². The second-order valence-electron chi connectivity index (χ2n) is 6.27. The molecule has 2 rings (SSSR count). The third kappa shape index (κ3) is 5.56. The lowest BCUT2D eigenvalue weighted by molar-refractivity contribution is -0.129. The number of hydrogen-bond acceptors (Lipinski definition) is 3. The van der Waals surface area contributed by atoms with Gasteiger partial charge in [-0.05, 0) is 48.7 Å². The number of amides is 2. The molecular weight excluding hydrogens is 350 g/mol. The lowest BCUT2D eigenvalue weighted by Gasteiger charge is -2.24. The van der Waals surface area contributed by atoms with Crippen LogP contribution in [0.5, 0.6) is 0 Å². The normalized spacial score (nSPS) is 10.5. The van der Waals surface area contributed by atoms with Gasteiger partial charge in [-0.25, -0.2) is 0 Å². The standard InChI is InChI=1S/C20H24ClN3O2/c1-15-4-5-18(21)14-19(15)24(16(2)25)13-9-20(26)23(3)12-8-17-6-10-22-11-7-17/h4-7,10-11,14H,8-9,12-13H2,1-3H3. The molecule has 0 saturated heterocycles. The molecule has 0 atom stereocenters. The number of aryl methyl sites for hydroxylation is 1. The molecule has 2 amide bonds. The molecule has 1 aromatic heterocycles. The summed E-state index contributed by atoms with van der Waals surface area (Å²) in [6.07, 6.45) is 4.53. The molecule has 0 radical (unpaired) electrons. The Morgan fingerprint density at radius 3 is 2.46 bits per heavy atom. The molecule has 138 valence electrons. The number of hydrogen-bond donors (Lipinski definition) is 0. The topological polar surface area (TPSA) is 53.5 Å². The number of halogens is 1. The summed E-state index contributed by atoms with van der Waals surface area (Å²) in [5.74, 6) is -0.104. The largest absolute Gasteiger partial charge is 0.345 e. The Morgan fingerprint density at radius 2 is 1.81 bits per heavy atom. The molecule has 0 unspecified atom stereocenters. The SMILES string of the molecule is CC(=O)N(CCC(=O)N(C)CCc1ccncc1)c1cc(Cl)ccc1C. The summed E-state index contributed by atoms with van der Waals surface area (Å²) in [7, 11) is 1.78. The van der Waals surface area contributed by atoms with Gasteiger partial charge in [-0.2, -0.15) is 0 Å². The maximum Gasteiger partial charge on any atom is 0.224 e. The highest BCUT2D eigenvalue weighted by atomic mass is 35.5. The number of carbonyl (C=O) groups is 2. The average molecular weight is 374 g/mol. The molecule has 0 N–H and O–H groups in total. The summed E-state index contributed by atoms with van der Waals surface area (Å²) in [6.45, 7) is 4.37. The molecule has 0 fully saturated rings. The number of likely N-dealkylation sites (N-methyl/N-ethyl adjacent to an activating group) is 1. The molecule has 0 aliphatic heterocycles. The number of nitrogens with zero attached hydrogens (tertiary/aromatic N) is 3. The molecule has 0 aliphatic carbocycles. The van der Waals surface area contributed by atoms with Gasteiger partial charge in [0.2, 0.25) is 11.8 Å². The van der Waals surface area contributed by atoms with Gasteiger partial charge in [0.05, 0.1) is 0 Å². The maximum atomic E-state index is 12.4. The molecule has 1 aromatic carbocycles. The number of anilines is 1. The van der Waals surface area contributed by atoms with Gasteiger partial charge < -0.3 is 9.80 Å². The van der Waals surface area contributed by atoms with Crippen LogP contribution in [0.15, 0.2) is 42.7 Å². The van der Waals surface area contributed by atoms with Crippen LogP contribution in [0.1, 0.15) is 24.5 Å². The van der Waals surface area contributed by atoms with E-state index in [2.05, 4.69) is 4.98 Å². The summed E-state index contributed by atoms with van der Waals surface area (Å²) >= 11 is 6.06. The molecular formula is C20H24ClN3O2. The van der Waals surface area contributed by atoms with Crippen LogP contribution in [0.3, 0.4) is 0 Å². The molecule has 0 aliphatic rings. The smallest absolute Gasteiger partial charge is 0.224 e. The lowest BCUT2D eigenvalue weighted by Crippen LogP contribution is -2.35. The minimum absolute atomic E-state index is 0.00462. The average Bonchev–Trinajstić information content (AvgIpc) is 2.63. The summed E-state index contributed by atoms with van der Waals surface area (Å²) in [4.78, 5) is 31.8. The highest BCUT2D eigenvalue weighted by Crippen LogP contribution is 2.24. The van der Waals surface area contributed by atoms with Crippen molar-refractivity contribution >= 4 is 29.1 Å². The van der Waals surface area contributed by atoms with Crippen molar-refractivity contribution in [1.82, 2.24) is 9.88 Å². The first-order chi connectivity index (χ1) is 12.4. The first-order valence-corrected chi connectivity index (χ1v) is 8.93. The van der Waals surface area contributed by atoms with E-state index in [-0.39, 0.29) is 18.2 Å². The van der Waals surface area contributed by atoms with Gasteiger partial charge in [-0.3, -0.25) is 14.6 Å². The number of aromatic nitrogens is 1. The highest BCUT2D eigenvalue weighted by molar-refractivity contribution is 6.31. The number of carbonyl (C=O) groups excluding carboxylic acids is 2. The van der Waals surface area contributed by atoms with E-state index >= 15 is 0 Å². The third-order valence-electron chi connectivity index (χ3n) is 4.30. The van der Waals surface area contributed by atoms with Crippen LogP contribution < -0.4 is 4.90 Å². The van der Waals surface area contributed by atoms with Crippen molar-refractivity contribution < 1.29 is 9.59 Å². The first-order valence-electron chi connectivity index (χ1n) is 8.55. The maximum absolute atomic E-state index is 12.4. The van der Waals surface area contributed by atoms with Crippen molar-refractivity contribution in [2.24, 2.45) is 0 Å². The van der Waals surface area contributed by atoms with Crippen molar-refractivity contribution in [2.45, 2.75) is 26.7 Å². The third-order valence-corrected chi connectivity index (χ3v) is 4.54. The second kappa shape index (κ2) is 9.34. The molecule has 0 spiro atoms. The van der Waals surface area contributed by atoms with Crippen molar-refractivity contribution in [2.75, 3.05) is 25.0 Å². The zero-order valence-electron chi connectivity index (χ0n) is 15.4. The zero-order valence-corrected chi connectivity index (χ0v) is 16.2. The highest BCUT2D eigenvalue weighted by Gasteiger charge is 2.17. The van der Waals surface area contributed by atoms with Crippen LogP contribution in [0.4, 0.5) is 5.69 Å². The van der Waals surface area contributed by atoms with Crippen molar-refractivity contribution in [3.05, 3.63) is 58.9 Å². The van der Waals surface area contributed by atoms with E-state index in [1.807, 2.05) is 25.1 Å². The van der Waals surface area contributed by atoms with Crippen LogP contribution in [-0.2, 0) is 16.0 Å². The van der Waals surface area contributed by atoms with E-state index in [4.69, 9.17) is 11.6 Å². The van der Waals surface area contributed by atoms with E-state index in [9.17, 15) is 9.59 Å². The summed E-state index contributed by atoms with van der Waals surface area (Å²) in [6, 6.07) is 9.30. The fourth-order valence-corrected chi connectivity index (χ4v) is 2.86. The van der Waals surface area contributed by atoms with E-state index in [0.717, 1.165) is 23.2 Å². The summed E-state index contributed by atoms with van der Waals surface area (Å²) in [5.41, 5.74) is 2.83. The molecule has 5 nitrogen and oxygen atoms in total. The number of pyridine rings is 1. The molecule has 0 saturated carbocycles. The van der Waals surface area contributed by atoms with Gasteiger partial charge in [-0.1, -0.05) is 17.7 Å².